The van der Waals surface area contributed by atoms with E-state index >= 15 is 0 Å². The van der Waals surface area contributed by atoms with Crippen LogP contribution in [0.15, 0.2) is 59.1 Å². The number of carbonyl (C=O) groups excluding carboxylic acids is 1. The molecule has 0 bridgehead atoms. The first kappa shape index (κ1) is 24.4. The molecule has 1 aliphatic heterocycles. The van der Waals surface area contributed by atoms with Gasteiger partial charge < -0.3 is 11.1 Å². The summed E-state index contributed by atoms with van der Waals surface area (Å²) in [5, 5.41) is 3.48. The molecule has 0 aromatic heterocycles. The third-order valence-electron chi connectivity index (χ3n) is 6.41. The molecule has 1 saturated heterocycles. The van der Waals surface area contributed by atoms with Crippen LogP contribution in [0.5, 0.6) is 0 Å². The second-order valence-corrected chi connectivity index (χ2v) is 11.8. The number of rotatable bonds is 4. The Bertz CT molecular complexity index is 1270. The van der Waals surface area contributed by atoms with E-state index in [1.165, 1.54) is 12.1 Å². The molecule has 2 atom stereocenters. The fourth-order valence-corrected chi connectivity index (χ4v) is 6.90. The number of hydrogen-bond donors (Lipinski definition) is 2. The highest BCUT2D eigenvalue weighted by molar-refractivity contribution is 7.91. The highest BCUT2D eigenvalue weighted by Gasteiger charge is 2.41. The zero-order chi connectivity index (χ0) is 24.5. The summed E-state index contributed by atoms with van der Waals surface area (Å²) in [4.78, 5) is 17.8. The second kappa shape index (κ2) is 9.50. The molecule has 1 amide bonds. The van der Waals surface area contributed by atoms with Crippen molar-refractivity contribution in [3.8, 4) is 0 Å². The number of sulfone groups is 1. The average molecular weight is 504 g/mol. The van der Waals surface area contributed by atoms with E-state index in [1.807, 2.05) is 18.2 Å². The average Bonchev–Trinajstić information content (AvgIpc) is 3.07. The van der Waals surface area contributed by atoms with E-state index in [1.54, 1.807) is 25.1 Å². The van der Waals surface area contributed by atoms with Crippen LogP contribution in [0, 0.1) is 11.7 Å². The maximum absolute atomic E-state index is 13.4. The number of nitrogens with two attached hydrogens (primary N) is 1. The van der Waals surface area contributed by atoms with E-state index < -0.39 is 15.4 Å². The van der Waals surface area contributed by atoms with Crippen molar-refractivity contribution in [2.24, 2.45) is 16.6 Å². The van der Waals surface area contributed by atoms with Crippen LogP contribution >= 0.6 is 11.6 Å². The highest BCUT2D eigenvalue weighted by Crippen LogP contribution is 2.34. The lowest BCUT2D eigenvalue weighted by atomic mass is 9.81. The topological polar surface area (TPSA) is 102 Å². The minimum Gasteiger partial charge on any atom is -0.398 e. The number of hydrogen-bond acceptors (Lipinski definition) is 5. The first-order valence-electron chi connectivity index (χ1n) is 11.1. The van der Waals surface area contributed by atoms with Crippen LogP contribution in [-0.2, 0) is 14.6 Å². The van der Waals surface area contributed by atoms with Gasteiger partial charge >= 0.3 is 0 Å². The van der Waals surface area contributed by atoms with E-state index in [2.05, 4.69) is 5.32 Å². The van der Waals surface area contributed by atoms with Gasteiger partial charge in [0.1, 0.15) is 5.82 Å². The normalized spacial score (nSPS) is 26.9. The van der Waals surface area contributed by atoms with Gasteiger partial charge in [-0.2, -0.15) is 0 Å². The number of carbonyl (C=O) groups is 1. The van der Waals surface area contributed by atoms with E-state index in [0.29, 0.717) is 53.4 Å². The summed E-state index contributed by atoms with van der Waals surface area (Å²) in [7, 11) is -3.15. The molecule has 9 heteroatoms. The number of benzene rings is 2. The monoisotopic (exact) mass is 503 g/mol. The third kappa shape index (κ3) is 5.50. The fraction of sp³-hybridized carbons (Fsp3) is 0.360. The molecule has 4 rings (SSSR count). The summed E-state index contributed by atoms with van der Waals surface area (Å²) < 4.78 is 37.3. The van der Waals surface area contributed by atoms with Crippen LogP contribution in [0.2, 0.25) is 5.02 Å². The van der Waals surface area contributed by atoms with Gasteiger partial charge in [-0.1, -0.05) is 29.8 Å². The Morgan fingerprint density at radius 2 is 1.91 bits per heavy atom. The van der Waals surface area contributed by atoms with Gasteiger partial charge in [0.2, 0.25) is 5.91 Å². The predicted molar refractivity (Wildman–Crippen MR) is 133 cm³/mol. The van der Waals surface area contributed by atoms with E-state index in [9.17, 15) is 17.6 Å². The van der Waals surface area contributed by atoms with Crippen LogP contribution in [0.25, 0.3) is 5.70 Å². The molecule has 180 valence electrons. The summed E-state index contributed by atoms with van der Waals surface area (Å²) in [5.74, 6) is -0.924. The zero-order valence-corrected chi connectivity index (χ0v) is 20.4. The summed E-state index contributed by atoms with van der Waals surface area (Å²) in [5.41, 5.74) is 8.95. The first-order valence-corrected chi connectivity index (χ1v) is 13.3. The molecule has 2 aliphatic rings. The van der Waals surface area contributed by atoms with E-state index in [0.717, 1.165) is 5.57 Å². The molecule has 0 radical (unpaired) electrons. The Balaban J connectivity index is 1.64. The largest absolute Gasteiger partial charge is 0.398 e. The molecule has 0 spiro atoms. The van der Waals surface area contributed by atoms with Crippen molar-refractivity contribution in [2.75, 3.05) is 11.5 Å². The summed E-state index contributed by atoms with van der Waals surface area (Å²) >= 11 is 6.37. The molecule has 2 aromatic carbocycles. The lowest BCUT2D eigenvalue weighted by molar-refractivity contribution is -0.126. The molecule has 1 saturated carbocycles. The van der Waals surface area contributed by atoms with Gasteiger partial charge in [-0.3, -0.25) is 9.79 Å². The molecular weight excluding hydrogens is 477 g/mol. The van der Waals surface area contributed by atoms with Gasteiger partial charge in [-0.05, 0) is 62.1 Å². The standard InChI is InChI=1S/C25H27ClFN3O3S/c1-25(12-13-34(32,33)15-25)30-24(31)16-6-11-20(23(28)19-4-2-3-5-21(19)26)22(14-16)29-18-9-7-17(27)8-10-18/h2-5,7-10,16H,6,11-15,28H2,1H3,(H,30,31)/t16-,25+/m1/s1. The van der Waals surface area contributed by atoms with Gasteiger partial charge in [-0.25, -0.2) is 12.8 Å². The number of aliphatic imine (C=N–C) groups is 1. The quantitative estimate of drug-likeness (QED) is 0.645. The van der Waals surface area contributed by atoms with Crippen molar-refractivity contribution in [2.45, 2.75) is 38.1 Å². The molecule has 1 aliphatic carbocycles. The Labute approximate surface area is 204 Å². The molecule has 3 N–H and O–H groups in total. The third-order valence-corrected chi connectivity index (χ3v) is 8.64. The molecule has 34 heavy (non-hydrogen) atoms. The van der Waals surface area contributed by atoms with Crippen molar-refractivity contribution in [1.82, 2.24) is 5.32 Å². The van der Waals surface area contributed by atoms with Crippen molar-refractivity contribution in [3.05, 3.63) is 70.5 Å². The summed E-state index contributed by atoms with van der Waals surface area (Å²) in [6.45, 7) is 1.77. The number of allylic oxidation sites excluding steroid dienone is 1. The van der Waals surface area contributed by atoms with Gasteiger partial charge in [0, 0.05) is 34.3 Å². The zero-order valence-electron chi connectivity index (χ0n) is 18.9. The Morgan fingerprint density at radius 1 is 1.21 bits per heavy atom. The molecule has 2 aromatic rings. The van der Waals surface area contributed by atoms with Crippen LogP contribution in [0.1, 0.15) is 38.2 Å². The van der Waals surface area contributed by atoms with Crippen LogP contribution in [-0.4, -0.2) is 37.1 Å². The lowest BCUT2D eigenvalue weighted by Crippen LogP contribution is -2.50. The first-order chi connectivity index (χ1) is 16.1. The molecule has 0 unspecified atom stereocenters. The van der Waals surface area contributed by atoms with Crippen molar-refractivity contribution < 1.29 is 17.6 Å². The smallest absolute Gasteiger partial charge is 0.223 e. The van der Waals surface area contributed by atoms with Gasteiger partial charge in [0.05, 0.1) is 22.7 Å². The Morgan fingerprint density at radius 3 is 2.56 bits per heavy atom. The minimum atomic E-state index is -3.15. The minimum absolute atomic E-state index is 0.0560. The molecule has 6 nitrogen and oxygen atoms in total. The van der Waals surface area contributed by atoms with Gasteiger partial charge in [0.25, 0.3) is 0 Å². The number of nitrogens with one attached hydrogen (secondary N) is 1. The summed E-state index contributed by atoms with van der Waals surface area (Å²) in [6, 6.07) is 13.1. The summed E-state index contributed by atoms with van der Waals surface area (Å²) in [6.07, 6.45) is 1.77. The molecule has 2 fully saturated rings. The number of nitrogens with zero attached hydrogens (tertiary/aromatic N) is 1. The highest BCUT2D eigenvalue weighted by atomic mass is 35.5. The van der Waals surface area contributed by atoms with Crippen LogP contribution in [0.3, 0.4) is 0 Å². The second-order valence-electron chi connectivity index (χ2n) is 9.24. The fourth-order valence-electron chi connectivity index (χ4n) is 4.57. The van der Waals surface area contributed by atoms with E-state index in [4.69, 9.17) is 22.3 Å². The van der Waals surface area contributed by atoms with E-state index in [-0.39, 0.29) is 29.1 Å². The van der Waals surface area contributed by atoms with Crippen molar-refractivity contribution in [1.29, 1.82) is 0 Å². The van der Waals surface area contributed by atoms with Gasteiger partial charge in [0.15, 0.2) is 9.84 Å². The van der Waals surface area contributed by atoms with Crippen molar-refractivity contribution in [3.63, 3.8) is 0 Å². The SMILES string of the molecule is C[C@]1(NC(=O)[C@@H]2CCC(=C(N)c3ccccc3Cl)C(=Nc3ccc(F)cc3)C2)CCS(=O)(=O)C1. The Hall–Kier alpha value is -2.71. The lowest BCUT2D eigenvalue weighted by Gasteiger charge is -2.31. The number of halogens is 2. The number of amides is 1. The maximum Gasteiger partial charge on any atom is 0.223 e. The van der Waals surface area contributed by atoms with Crippen LogP contribution < -0.4 is 11.1 Å². The molecular formula is C25H27ClFN3O3S. The maximum atomic E-state index is 13.4. The predicted octanol–water partition coefficient (Wildman–Crippen LogP) is 4.42. The molecule has 1 heterocycles. The van der Waals surface area contributed by atoms with Crippen LogP contribution in [0.4, 0.5) is 10.1 Å². The van der Waals surface area contributed by atoms with Gasteiger partial charge in [-0.15, -0.1) is 0 Å². The van der Waals surface area contributed by atoms with Crippen molar-refractivity contribution >= 4 is 44.4 Å². The Kier molecular flexibility index (Phi) is 6.82.